The molecule has 0 aromatic rings. The number of unbranched alkanes of at least 4 members (excludes halogenated alkanes) is 29. The van der Waals surface area contributed by atoms with E-state index in [4.69, 9.17) is 0 Å². The molecule has 0 bridgehead atoms. The zero-order valence-electron chi connectivity index (χ0n) is 33.2. The average Bonchev–Trinajstić information content (AvgIpc) is 3.01. The largest absolute Gasteiger partial charge is 0.293 e. The fourth-order valence-electron chi connectivity index (χ4n) is 7.90. The summed E-state index contributed by atoms with van der Waals surface area (Å²) in [5.41, 5.74) is 0.611. The van der Waals surface area contributed by atoms with Gasteiger partial charge in [0, 0.05) is 11.1 Å². The van der Waals surface area contributed by atoms with Crippen LogP contribution in [0.4, 0.5) is 0 Å². The number of hydrogen-bond acceptors (Lipinski definition) is 1. The maximum atomic E-state index is 2.98. The van der Waals surface area contributed by atoms with Crippen LogP contribution >= 0.6 is 0 Å². The third-order valence-corrected chi connectivity index (χ3v) is 11.0. The molecule has 0 heterocycles. The lowest BCUT2D eigenvalue weighted by atomic mass is 9.85. The molecule has 0 aliphatic heterocycles. The molecule has 1 heteroatoms. The Morgan fingerprint density at radius 2 is 0.467 bits per heavy atom. The van der Waals surface area contributed by atoms with Crippen molar-refractivity contribution in [2.24, 2.45) is 0 Å². The smallest absolute Gasteiger partial charge is 0.0158 e. The van der Waals surface area contributed by atoms with E-state index in [0.29, 0.717) is 11.1 Å². The van der Waals surface area contributed by atoms with Gasteiger partial charge in [-0.1, -0.05) is 220 Å². The molecule has 0 rings (SSSR count). The van der Waals surface area contributed by atoms with Crippen molar-refractivity contribution in [1.82, 2.24) is 4.90 Å². The Bertz CT molecular complexity index is 527. The summed E-state index contributed by atoms with van der Waals surface area (Å²) in [6.07, 6.45) is 48.8. The minimum Gasteiger partial charge on any atom is -0.293 e. The SMILES string of the molecule is CCCCCCCCCCCCCCN(C(C)(C)CCCCCCCCCCCC)C(C)(C)CCCCCCCCCCCC. The standard InChI is InChI=1S/C44H91N/c1-8-11-14-17-20-23-26-27-30-33-36-39-42-45(43(4,5)40-37-34-31-28-24-21-18-15-12-9-2)44(6,7)41-38-35-32-29-25-22-19-16-13-10-3/h8-42H2,1-7H3. The molecule has 0 aliphatic rings. The van der Waals surface area contributed by atoms with E-state index in [-0.39, 0.29) is 0 Å². The van der Waals surface area contributed by atoms with Gasteiger partial charge in [-0.15, -0.1) is 0 Å². The monoisotopic (exact) mass is 634 g/mol. The highest BCUT2D eigenvalue weighted by Crippen LogP contribution is 2.34. The van der Waals surface area contributed by atoms with Crippen LogP contribution in [0.5, 0.6) is 0 Å². The molecule has 0 amide bonds. The molecule has 1 nitrogen and oxygen atoms in total. The average molecular weight is 634 g/mol. The molecule has 272 valence electrons. The minimum atomic E-state index is 0.305. The van der Waals surface area contributed by atoms with Gasteiger partial charge in [-0.05, 0) is 53.5 Å². The first-order valence-electron chi connectivity index (χ1n) is 21.6. The third kappa shape index (κ3) is 28.7. The minimum absolute atomic E-state index is 0.305. The van der Waals surface area contributed by atoms with Crippen molar-refractivity contribution in [2.75, 3.05) is 6.54 Å². The highest BCUT2D eigenvalue weighted by Gasteiger charge is 2.36. The second-order valence-electron chi connectivity index (χ2n) is 16.5. The Kier molecular flexibility index (Phi) is 32.5. The van der Waals surface area contributed by atoms with Crippen molar-refractivity contribution in [3.63, 3.8) is 0 Å². The lowest BCUT2D eigenvalue weighted by Crippen LogP contribution is -2.55. The van der Waals surface area contributed by atoms with E-state index in [0.717, 1.165) is 0 Å². The fourth-order valence-corrected chi connectivity index (χ4v) is 7.90. The van der Waals surface area contributed by atoms with Crippen molar-refractivity contribution >= 4 is 0 Å². The summed E-state index contributed by atoms with van der Waals surface area (Å²) in [6, 6.07) is 0. The zero-order chi connectivity index (χ0) is 33.3. The predicted octanol–water partition coefficient (Wildman–Crippen LogP) is 16.2. The van der Waals surface area contributed by atoms with E-state index in [1.807, 2.05) is 0 Å². The summed E-state index contributed by atoms with van der Waals surface area (Å²) in [7, 11) is 0. The van der Waals surface area contributed by atoms with E-state index in [2.05, 4.69) is 53.4 Å². The van der Waals surface area contributed by atoms with Gasteiger partial charge in [-0.2, -0.15) is 0 Å². The molecule has 45 heavy (non-hydrogen) atoms. The molecule has 0 atom stereocenters. The molecular formula is C44H91N. The van der Waals surface area contributed by atoms with Crippen LogP contribution in [-0.4, -0.2) is 22.5 Å². The predicted molar refractivity (Wildman–Crippen MR) is 209 cm³/mol. The Balaban J connectivity index is 4.55. The first-order valence-corrected chi connectivity index (χ1v) is 21.6. The molecule has 0 saturated carbocycles. The van der Waals surface area contributed by atoms with Gasteiger partial charge in [-0.25, -0.2) is 0 Å². The second-order valence-corrected chi connectivity index (χ2v) is 16.5. The Hall–Kier alpha value is -0.0400. The fraction of sp³-hybridized carbons (Fsp3) is 1.00. The molecule has 0 radical (unpaired) electrons. The van der Waals surface area contributed by atoms with Crippen LogP contribution in [-0.2, 0) is 0 Å². The highest BCUT2D eigenvalue weighted by molar-refractivity contribution is 4.92. The van der Waals surface area contributed by atoms with E-state index < -0.39 is 0 Å². The molecule has 0 spiro atoms. The van der Waals surface area contributed by atoms with Crippen molar-refractivity contribution in [1.29, 1.82) is 0 Å². The first-order chi connectivity index (χ1) is 21.8. The Labute approximate surface area is 288 Å². The summed E-state index contributed by atoms with van der Waals surface area (Å²) in [6.45, 7) is 18.6. The van der Waals surface area contributed by atoms with Crippen LogP contribution in [0.2, 0.25) is 0 Å². The van der Waals surface area contributed by atoms with Crippen LogP contribution in [0.15, 0.2) is 0 Å². The van der Waals surface area contributed by atoms with E-state index in [9.17, 15) is 0 Å². The van der Waals surface area contributed by atoms with Gasteiger partial charge in [0.15, 0.2) is 0 Å². The van der Waals surface area contributed by atoms with Crippen LogP contribution in [0.3, 0.4) is 0 Å². The number of hydrogen-bond donors (Lipinski definition) is 0. The molecule has 0 fully saturated rings. The van der Waals surface area contributed by atoms with Crippen LogP contribution in [0, 0.1) is 0 Å². The van der Waals surface area contributed by atoms with Crippen molar-refractivity contribution < 1.29 is 0 Å². The number of rotatable bonds is 37. The van der Waals surface area contributed by atoms with Gasteiger partial charge < -0.3 is 0 Å². The summed E-state index contributed by atoms with van der Waals surface area (Å²) >= 11 is 0. The number of nitrogens with zero attached hydrogens (tertiary/aromatic N) is 1. The molecular weight excluding hydrogens is 542 g/mol. The Morgan fingerprint density at radius 1 is 0.267 bits per heavy atom. The topological polar surface area (TPSA) is 3.24 Å². The molecule has 0 aromatic carbocycles. The van der Waals surface area contributed by atoms with E-state index in [1.54, 1.807) is 0 Å². The van der Waals surface area contributed by atoms with Gasteiger partial charge in [-0.3, -0.25) is 4.90 Å². The molecule has 0 N–H and O–H groups in total. The third-order valence-electron chi connectivity index (χ3n) is 11.0. The maximum absolute atomic E-state index is 2.98. The van der Waals surface area contributed by atoms with Gasteiger partial charge in [0.25, 0.3) is 0 Å². The van der Waals surface area contributed by atoms with Crippen molar-refractivity contribution in [2.45, 2.75) is 278 Å². The highest BCUT2D eigenvalue weighted by atomic mass is 15.2. The van der Waals surface area contributed by atoms with Gasteiger partial charge in [0.05, 0.1) is 0 Å². The van der Waals surface area contributed by atoms with Gasteiger partial charge >= 0.3 is 0 Å². The lowest BCUT2D eigenvalue weighted by Gasteiger charge is -2.49. The second kappa shape index (κ2) is 32.5. The maximum Gasteiger partial charge on any atom is 0.0158 e. The normalized spacial score (nSPS) is 12.5. The summed E-state index contributed by atoms with van der Waals surface area (Å²) in [5.74, 6) is 0. The summed E-state index contributed by atoms with van der Waals surface area (Å²) in [5, 5.41) is 0. The molecule has 0 aliphatic carbocycles. The van der Waals surface area contributed by atoms with Gasteiger partial charge in [0.1, 0.15) is 0 Å². The first kappa shape index (κ1) is 45.0. The molecule has 0 unspecified atom stereocenters. The van der Waals surface area contributed by atoms with E-state index >= 15 is 0 Å². The molecule has 0 aromatic heterocycles. The van der Waals surface area contributed by atoms with Crippen molar-refractivity contribution in [3.05, 3.63) is 0 Å². The quantitative estimate of drug-likeness (QED) is 0.0615. The molecule has 0 saturated heterocycles. The van der Waals surface area contributed by atoms with Crippen molar-refractivity contribution in [3.8, 4) is 0 Å². The van der Waals surface area contributed by atoms with Crippen LogP contribution in [0.25, 0.3) is 0 Å². The summed E-state index contributed by atoms with van der Waals surface area (Å²) in [4.78, 5) is 2.98. The van der Waals surface area contributed by atoms with E-state index in [1.165, 1.54) is 225 Å². The Morgan fingerprint density at radius 3 is 0.711 bits per heavy atom. The van der Waals surface area contributed by atoms with Crippen LogP contribution in [0.1, 0.15) is 267 Å². The summed E-state index contributed by atoms with van der Waals surface area (Å²) < 4.78 is 0. The van der Waals surface area contributed by atoms with Gasteiger partial charge in [0.2, 0.25) is 0 Å². The lowest BCUT2D eigenvalue weighted by molar-refractivity contribution is 0.00151. The zero-order valence-corrected chi connectivity index (χ0v) is 33.2. The van der Waals surface area contributed by atoms with Crippen LogP contribution < -0.4 is 0 Å².